The van der Waals surface area contributed by atoms with Crippen molar-refractivity contribution in [1.29, 1.82) is 0 Å². The molecule has 1 atom stereocenters. The Hall–Kier alpha value is -12.0. The Balaban J connectivity index is 0.000000136. The number of fused-ring (bicyclic) bond motifs is 5. The summed E-state index contributed by atoms with van der Waals surface area (Å²) in [6.07, 6.45) is -2.93. The Morgan fingerprint density at radius 2 is 0.814 bits per heavy atom. The number of carboxylic acids is 1. The Morgan fingerprint density at radius 1 is 0.425 bits per heavy atom. The first-order valence-electron chi connectivity index (χ1n) is 33.6. The number of esters is 1. The molecule has 31 heteroatoms. The molecule has 15 nitrogen and oxygen atoms in total. The summed E-state index contributed by atoms with van der Waals surface area (Å²) in [4.78, 5) is 52.6. The fraction of sp³-hybridized carbons (Fsp3) is 0.110. The van der Waals surface area contributed by atoms with Crippen molar-refractivity contribution >= 4 is 114 Å². The van der Waals surface area contributed by atoms with Crippen molar-refractivity contribution in [3.8, 4) is 11.4 Å². The lowest BCUT2D eigenvalue weighted by Crippen LogP contribution is -2.13. The number of aliphatic hydroxyl groups excluding tert-OH is 1. The second kappa shape index (κ2) is 33.9. The molecule has 16 aromatic rings. The number of carbonyl (C=O) groups excluding carboxylic acids is 1. The van der Waals surface area contributed by atoms with Gasteiger partial charge in [0, 0.05) is 151 Å². The molecule has 10 heterocycles. The molecule has 0 aliphatic rings. The molecule has 0 radical (unpaired) electrons. The quantitative estimate of drug-likeness (QED) is 0.0578. The predicted octanol–water partition coefficient (Wildman–Crippen LogP) is 22.8. The molecule has 0 spiro atoms. The summed E-state index contributed by atoms with van der Waals surface area (Å²) < 4.78 is 168. The number of aliphatic hydroxyl groups is 1. The number of carbonyl (C=O) groups is 2. The number of benzene rings is 6. The number of aromatic amines is 3. The van der Waals surface area contributed by atoms with Crippen molar-refractivity contribution in [1.82, 2.24) is 49.0 Å². The molecule has 10 aromatic heterocycles. The molecule has 0 saturated carbocycles. The van der Waals surface area contributed by atoms with E-state index in [4.69, 9.17) is 56.2 Å². The van der Waals surface area contributed by atoms with Crippen LogP contribution in [0.4, 0.5) is 52.7 Å². The fourth-order valence-corrected chi connectivity index (χ4v) is 13.6. The van der Waals surface area contributed by atoms with Gasteiger partial charge in [0.2, 0.25) is 0 Å². The molecule has 1 unspecified atom stereocenters. The molecular formula is C82H56Cl4F12N10O5. The van der Waals surface area contributed by atoms with Gasteiger partial charge in [-0.1, -0.05) is 70.7 Å². The molecule has 576 valence electrons. The highest BCUT2D eigenvalue weighted by Crippen LogP contribution is 2.44. The van der Waals surface area contributed by atoms with Crippen LogP contribution in [0, 0.1) is 0 Å². The van der Waals surface area contributed by atoms with E-state index in [1.807, 2.05) is 30.5 Å². The zero-order chi connectivity index (χ0) is 80.7. The fourth-order valence-electron chi connectivity index (χ4n) is 12.6. The third-order valence-corrected chi connectivity index (χ3v) is 19.3. The molecule has 6 aromatic carbocycles. The number of hydrogen-bond acceptors (Lipinski definition) is 9. The van der Waals surface area contributed by atoms with Crippen LogP contribution in [0.5, 0.6) is 0 Å². The third-order valence-electron chi connectivity index (χ3n) is 17.9. The maximum absolute atomic E-state index is 13.5. The highest BCUT2D eigenvalue weighted by molar-refractivity contribution is 6.32. The molecule has 5 N–H and O–H groups in total. The summed E-state index contributed by atoms with van der Waals surface area (Å²) in [7, 11) is 1.30. The smallest absolute Gasteiger partial charge is 0.416 e. The standard InChI is InChI=1S/C23H16ClF3N2O2.C22H14ClF3N2O2.C15H10ClF3N2O.C15H10ClF3N2.C7H6N2/c1-31-22(30)14-7-9-16(10-8-14)29-13-15(17-4-3-11-28-21(17)29)12-18-19(23(25,26)27)5-2-6-20(18)24;23-19-5-1-4-18(22(24,25)26)17(19)11-14-12-28(20-16(14)3-2-10-27-20)15-8-6-13(7-9-15)21(29)30;16-11-5-1-4-10(15(17,18)19)12(11)13(22)9-7-21-14-8(9)3-2-6-20-14;16-13-5-1-4-12(15(17,18)19)11(13)7-9-8-21-14-10(9)3-2-6-20-14;1-2-6-3-5-9-7(6)8-4-1/h2-11,13H,12H2,1H3;1-10,12H,11H2,(H,29,30);1-7,13,22H,(H,20,21);1-6,8H,7H2,(H,20,21);1-5H,(H,8,9). The zero-order valence-electron chi connectivity index (χ0n) is 58.2. The molecule has 0 fully saturated rings. The van der Waals surface area contributed by atoms with E-state index >= 15 is 0 Å². The van der Waals surface area contributed by atoms with Gasteiger partial charge < -0.3 is 39.0 Å². The van der Waals surface area contributed by atoms with Gasteiger partial charge in [0.25, 0.3) is 0 Å². The summed E-state index contributed by atoms with van der Waals surface area (Å²) in [5.74, 6) is -1.50. The van der Waals surface area contributed by atoms with E-state index in [1.54, 1.807) is 138 Å². The van der Waals surface area contributed by atoms with E-state index in [1.165, 1.54) is 74.0 Å². The van der Waals surface area contributed by atoms with Gasteiger partial charge in [0.1, 0.15) is 34.3 Å². The van der Waals surface area contributed by atoms with Gasteiger partial charge in [-0.05, 0) is 197 Å². The number of hydrogen-bond donors (Lipinski definition) is 5. The van der Waals surface area contributed by atoms with Gasteiger partial charge >= 0.3 is 36.6 Å². The maximum Gasteiger partial charge on any atom is 0.416 e. The molecule has 0 saturated heterocycles. The van der Waals surface area contributed by atoms with Crippen LogP contribution in [0.2, 0.25) is 20.1 Å². The monoisotopic (exact) mass is 1630 g/mol. The normalized spacial score (nSPS) is 12.0. The molecule has 113 heavy (non-hydrogen) atoms. The summed E-state index contributed by atoms with van der Waals surface area (Å²) in [6.45, 7) is 0. The minimum Gasteiger partial charge on any atom is -0.478 e. The first kappa shape index (κ1) is 80.5. The van der Waals surface area contributed by atoms with Crippen molar-refractivity contribution in [2.24, 2.45) is 0 Å². The minimum atomic E-state index is -4.61. The van der Waals surface area contributed by atoms with Crippen LogP contribution in [-0.2, 0) is 48.7 Å². The van der Waals surface area contributed by atoms with Gasteiger partial charge in [-0.2, -0.15) is 52.7 Å². The first-order valence-corrected chi connectivity index (χ1v) is 35.1. The second-order valence-corrected chi connectivity index (χ2v) is 26.5. The molecule has 0 aliphatic heterocycles. The van der Waals surface area contributed by atoms with Gasteiger partial charge in [0.05, 0.1) is 40.5 Å². The van der Waals surface area contributed by atoms with E-state index in [-0.39, 0.29) is 67.2 Å². The van der Waals surface area contributed by atoms with E-state index in [0.717, 1.165) is 46.2 Å². The number of halogens is 16. The van der Waals surface area contributed by atoms with Gasteiger partial charge in [-0.25, -0.2) is 34.5 Å². The van der Waals surface area contributed by atoms with E-state index in [0.29, 0.717) is 72.4 Å². The minimum absolute atomic E-state index is 0.00389. The Labute approximate surface area is 652 Å². The Morgan fingerprint density at radius 3 is 1.27 bits per heavy atom. The summed E-state index contributed by atoms with van der Waals surface area (Å²) >= 11 is 24.2. The first-order chi connectivity index (χ1) is 53.9. The van der Waals surface area contributed by atoms with Crippen LogP contribution < -0.4 is 0 Å². The van der Waals surface area contributed by atoms with Crippen molar-refractivity contribution in [2.75, 3.05) is 7.11 Å². The lowest BCUT2D eigenvalue weighted by atomic mass is 9.96. The lowest BCUT2D eigenvalue weighted by molar-refractivity contribution is -0.139. The highest BCUT2D eigenvalue weighted by atomic mass is 35.5. The van der Waals surface area contributed by atoms with Crippen molar-refractivity contribution in [2.45, 2.75) is 50.1 Å². The van der Waals surface area contributed by atoms with Crippen LogP contribution in [0.15, 0.2) is 250 Å². The van der Waals surface area contributed by atoms with E-state index in [9.17, 15) is 67.4 Å². The number of H-pyrrole nitrogens is 3. The van der Waals surface area contributed by atoms with Crippen LogP contribution in [0.25, 0.3) is 66.5 Å². The number of methoxy groups -OCH3 is 1. The predicted molar refractivity (Wildman–Crippen MR) is 407 cm³/mol. The number of aromatic nitrogens is 10. The molecule has 0 aliphatic carbocycles. The number of pyridine rings is 5. The number of nitrogens with one attached hydrogen (secondary N) is 3. The molecule has 16 rings (SSSR count). The van der Waals surface area contributed by atoms with Gasteiger partial charge in [-0.15, -0.1) is 0 Å². The third kappa shape index (κ3) is 18.3. The van der Waals surface area contributed by atoms with Crippen LogP contribution in [0.3, 0.4) is 0 Å². The molecule has 0 amide bonds. The van der Waals surface area contributed by atoms with Crippen molar-refractivity contribution in [3.05, 3.63) is 348 Å². The Bertz CT molecular complexity index is 6070. The van der Waals surface area contributed by atoms with Crippen LogP contribution >= 0.6 is 46.4 Å². The topological polar surface area (TPSA) is 206 Å². The number of ether oxygens (including phenoxy) is 1. The maximum atomic E-state index is 13.5. The van der Waals surface area contributed by atoms with Crippen LogP contribution in [0.1, 0.15) is 93.6 Å². The number of rotatable bonds is 12. The summed E-state index contributed by atoms with van der Waals surface area (Å²) in [5, 5.41) is 23.5. The van der Waals surface area contributed by atoms with E-state index in [2.05, 4.69) is 39.9 Å². The molecule has 0 bridgehead atoms. The summed E-state index contributed by atoms with van der Waals surface area (Å²) in [6, 6.07) is 47.5. The SMILES string of the molecule is COC(=O)c1ccc(-n2cc(Cc3c(Cl)cccc3C(F)(F)F)c3cccnc32)cc1.FC(F)(F)c1cccc(Cl)c1Cc1c[nH]c2ncccc12.O=C(O)c1ccc(-n2cc(Cc3c(Cl)cccc3C(F)(F)F)c3cccnc32)cc1.OC(c1c(Cl)cccc1C(F)(F)F)c1c[nH]c2ncccc12.c1cnc2[nH]ccc2c1. The van der Waals surface area contributed by atoms with Gasteiger partial charge in [-0.3, -0.25) is 0 Å². The Kier molecular flexibility index (Phi) is 24.2. The number of nitrogens with zero attached hydrogens (tertiary/aromatic N) is 7. The number of alkyl halides is 12. The summed E-state index contributed by atoms with van der Waals surface area (Å²) in [5.41, 5.74) is 3.95. The highest BCUT2D eigenvalue weighted by Gasteiger charge is 2.39. The lowest BCUT2D eigenvalue weighted by Gasteiger charge is -2.18. The van der Waals surface area contributed by atoms with Crippen LogP contribution in [-0.4, -0.2) is 78.3 Å². The average Bonchev–Trinajstić information content (AvgIpc) is 1.60. The second-order valence-electron chi connectivity index (χ2n) is 24.9. The average molecular weight is 1630 g/mol. The largest absolute Gasteiger partial charge is 0.478 e. The molecular weight excluding hydrogens is 1570 g/mol. The number of aromatic carboxylic acids is 1. The van der Waals surface area contributed by atoms with Crippen molar-refractivity contribution < 1.29 is 77.2 Å². The van der Waals surface area contributed by atoms with Crippen molar-refractivity contribution in [3.63, 3.8) is 0 Å². The van der Waals surface area contributed by atoms with Gasteiger partial charge in [0.15, 0.2) is 0 Å². The van der Waals surface area contributed by atoms with E-state index < -0.39 is 65.0 Å². The zero-order valence-corrected chi connectivity index (χ0v) is 61.2. The number of carboxylic acid groups (broad SMARTS) is 1.